The Labute approximate surface area is 176 Å². The monoisotopic (exact) mass is 405 g/mol. The molecule has 3 aromatic rings. The van der Waals surface area contributed by atoms with Crippen LogP contribution in [0.1, 0.15) is 22.5 Å². The van der Waals surface area contributed by atoms with Gasteiger partial charge in [-0.15, -0.1) is 0 Å². The van der Waals surface area contributed by atoms with E-state index in [0.717, 1.165) is 22.2 Å². The van der Waals surface area contributed by atoms with Gasteiger partial charge < -0.3 is 19.1 Å². The quantitative estimate of drug-likeness (QED) is 0.655. The number of aromatic nitrogens is 1. The molecule has 6 heteroatoms. The average Bonchev–Trinajstić information content (AvgIpc) is 3.14. The fourth-order valence-electron chi connectivity index (χ4n) is 4.02. The van der Waals surface area contributed by atoms with E-state index in [4.69, 9.17) is 4.74 Å². The van der Waals surface area contributed by atoms with Crippen LogP contribution in [0.2, 0.25) is 0 Å². The van der Waals surface area contributed by atoms with E-state index in [1.165, 1.54) is 0 Å². The van der Waals surface area contributed by atoms with E-state index in [2.05, 4.69) is 0 Å². The summed E-state index contributed by atoms with van der Waals surface area (Å²) in [4.78, 5) is 29.3. The summed E-state index contributed by atoms with van der Waals surface area (Å²) >= 11 is 0. The van der Waals surface area contributed by atoms with Crippen molar-refractivity contribution >= 4 is 22.7 Å². The highest BCUT2D eigenvalue weighted by Crippen LogP contribution is 2.20. The van der Waals surface area contributed by atoms with E-state index >= 15 is 0 Å². The first-order chi connectivity index (χ1) is 14.6. The van der Waals surface area contributed by atoms with Gasteiger partial charge in [-0.05, 0) is 36.2 Å². The van der Waals surface area contributed by atoms with Crippen LogP contribution in [0.4, 0.5) is 0 Å². The highest BCUT2D eigenvalue weighted by atomic mass is 16.5. The van der Waals surface area contributed by atoms with Crippen molar-refractivity contribution in [3.05, 3.63) is 65.9 Å². The van der Waals surface area contributed by atoms with Crippen LogP contribution in [-0.4, -0.2) is 59.5 Å². The van der Waals surface area contributed by atoms with E-state index in [9.17, 15) is 9.59 Å². The number of para-hydroxylation sites is 1. The third-order valence-electron chi connectivity index (χ3n) is 5.88. The van der Waals surface area contributed by atoms with Gasteiger partial charge in [-0.2, -0.15) is 0 Å². The van der Waals surface area contributed by atoms with Crippen molar-refractivity contribution < 1.29 is 14.3 Å². The average molecular weight is 405 g/mol. The maximum Gasteiger partial charge on any atom is 0.270 e. The van der Waals surface area contributed by atoms with Crippen molar-refractivity contribution in [2.24, 2.45) is 7.05 Å². The molecule has 1 aliphatic rings. The summed E-state index contributed by atoms with van der Waals surface area (Å²) in [6.07, 6.45) is 1.18. The molecule has 0 atom stereocenters. The molecule has 0 N–H and O–H groups in total. The lowest BCUT2D eigenvalue weighted by Crippen LogP contribution is -2.50. The number of amides is 2. The number of fused-ring (bicyclic) bond motifs is 1. The molecule has 1 aromatic heterocycles. The Morgan fingerprint density at radius 3 is 2.27 bits per heavy atom. The SMILES string of the molecule is COc1ccc(CCC(=O)N2CCN(C(=O)c3cc4ccccc4n3C)CC2)cc1. The second-order valence-electron chi connectivity index (χ2n) is 7.67. The van der Waals surface area contributed by atoms with Crippen molar-refractivity contribution in [1.29, 1.82) is 0 Å². The number of hydrogen-bond donors (Lipinski definition) is 0. The predicted molar refractivity (Wildman–Crippen MR) is 117 cm³/mol. The maximum absolute atomic E-state index is 13.0. The van der Waals surface area contributed by atoms with Crippen molar-refractivity contribution in [3.63, 3.8) is 0 Å². The molecule has 30 heavy (non-hydrogen) atoms. The van der Waals surface area contributed by atoms with E-state index in [0.29, 0.717) is 44.7 Å². The lowest BCUT2D eigenvalue weighted by Gasteiger charge is -2.35. The Bertz CT molecular complexity index is 1050. The summed E-state index contributed by atoms with van der Waals surface area (Å²) in [5.74, 6) is 0.985. The Kier molecular flexibility index (Phi) is 5.74. The predicted octanol–water partition coefficient (Wildman–Crippen LogP) is 3.10. The molecule has 2 aromatic carbocycles. The molecule has 0 aliphatic carbocycles. The molecule has 1 fully saturated rings. The van der Waals surface area contributed by atoms with Crippen LogP contribution < -0.4 is 4.74 Å². The Hall–Kier alpha value is -3.28. The summed E-state index contributed by atoms with van der Waals surface area (Å²) in [6.45, 7) is 2.29. The van der Waals surface area contributed by atoms with Crippen LogP contribution in [0.3, 0.4) is 0 Å². The number of carbonyl (C=O) groups excluding carboxylic acids is 2. The van der Waals surface area contributed by atoms with Crippen molar-refractivity contribution in [1.82, 2.24) is 14.4 Å². The summed E-state index contributed by atoms with van der Waals surface area (Å²) in [5.41, 5.74) is 2.86. The summed E-state index contributed by atoms with van der Waals surface area (Å²) < 4.78 is 7.12. The van der Waals surface area contributed by atoms with Crippen LogP contribution in [0, 0.1) is 0 Å². The normalized spacial score (nSPS) is 14.2. The smallest absolute Gasteiger partial charge is 0.270 e. The van der Waals surface area contributed by atoms with Crippen LogP contribution in [-0.2, 0) is 18.3 Å². The Balaban J connectivity index is 1.32. The van der Waals surface area contributed by atoms with Crippen LogP contribution in [0.5, 0.6) is 5.75 Å². The second-order valence-corrected chi connectivity index (χ2v) is 7.67. The minimum absolute atomic E-state index is 0.0269. The highest BCUT2D eigenvalue weighted by molar-refractivity contribution is 5.98. The van der Waals surface area contributed by atoms with Gasteiger partial charge in [-0.25, -0.2) is 0 Å². The van der Waals surface area contributed by atoms with Gasteiger partial charge in [0.15, 0.2) is 0 Å². The molecule has 2 amide bonds. The number of hydrogen-bond acceptors (Lipinski definition) is 3. The van der Waals surface area contributed by atoms with Gasteiger partial charge in [0.05, 0.1) is 7.11 Å². The Morgan fingerprint density at radius 1 is 0.933 bits per heavy atom. The number of piperazine rings is 1. The van der Waals surface area contributed by atoms with Gasteiger partial charge in [-0.1, -0.05) is 30.3 Å². The number of methoxy groups -OCH3 is 1. The largest absolute Gasteiger partial charge is 0.497 e. The number of benzene rings is 2. The third-order valence-corrected chi connectivity index (χ3v) is 5.88. The van der Waals surface area contributed by atoms with Crippen LogP contribution in [0.15, 0.2) is 54.6 Å². The van der Waals surface area contributed by atoms with Gasteiger partial charge in [0, 0.05) is 50.6 Å². The van der Waals surface area contributed by atoms with Crippen LogP contribution >= 0.6 is 0 Å². The summed E-state index contributed by atoms with van der Waals surface area (Å²) in [6, 6.07) is 17.8. The molecule has 1 aliphatic heterocycles. The van der Waals surface area contributed by atoms with Crippen molar-refractivity contribution in [2.75, 3.05) is 33.3 Å². The first kappa shape index (κ1) is 20.0. The van der Waals surface area contributed by atoms with Gasteiger partial charge >= 0.3 is 0 Å². The van der Waals surface area contributed by atoms with Gasteiger partial charge in [0.2, 0.25) is 5.91 Å². The molecule has 4 rings (SSSR count). The van der Waals surface area contributed by atoms with Gasteiger partial charge in [0.1, 0.15) is 11.4 Å². The molecule has 156 valence electrons. The number of aryl methyl sites for hydroxylation is 2. The molecular formula is C24H27N3O3. The summed E-state index contributed by atoms with van der Waals surface area (Å²) in [7, 11) is 3.57. The zero-order valence-electron chi connectivity index (χ0n) is 17.5. The lowest BCUT2D eigenvalue weighted by molar-refractivity contribution is -0.132. The molecule has 1 saturated heterocycles. The molecule has 0 bridgehead atoms. The number of nitrogens with zero attached hydrogens (tertiary/aromatic N) is 3. The lowest BCUT2D eigenvalue weighted by atomic mass is 10.1. The fourth-order valence-corrected chi connectivity index (χ4v) is 4.02. The molecule has 0 radical (unpaired) electrons. The third kappa shape index (κ3) is 4.03. The van der Waals surface area contributed by atoms with Crippen LogP contribution in [0.25, 0.3) is 10.9 Å². The maximum atomic E-state index is 13.0. The first-order valence-corrected chi connectivity index (χ1v) is 10.3. The Morgan fingerprint density at radius 2 is 1.60 bits per heavy atom. The van der Waals surface area contributed by atoms with E-state index < -0.39 is 0 Å². The van der Waals surface area contributed by atoms with E-state index in [1.54, 1.807) is 7.11 Å². The molecular weight excluding hydrogens is 378 g/mol. The number of ether oxygens (including phenoxy) is 1. The topological polar surface area (TPSA) is 54.8 Å². The second kappa shape index (κ2) is 8.61. The zero-order valence-corrected chi connectivity index (χ0v) is 17.5. The molecule has 0 saturated carbocycles. The molecule has 6 nitrogen and oxygen atoms in total. The summed E-state index contributed by atoms with van der Waals surface area (Å²) in [5, 5.41) is 1.07. The van der Waals surface area contributed by atoms with E-state index in [1.807, 2.05) is 76.0 Å². The molecule has 0 spiro atoms. The standard InChI is InChI=1S/C24H27N3O3/c1-25-21-6-4-3-5-19(21)17-22(25)24(29)27-15-13-26(14-16-27)23(28)12-9-18-7-10-20(30-2)11-8-18/h3-8,10-11,17H,9,12-16H2,1-2H3. The van der Waals surface area contributed by atoms with E-state index in [-0.39, 0.29) is 11.8 Å². The fraction of sp³-hybridized carbons (Fsp3) is 0.333. The highest BCUT2D eigenvalue weighted by Gasteiger charge is 2.26. The molecule has 0 unspecified atom stereocenters. The van der Waals surface area contributed by atoms with Gasteiger partial charge in [0.25, 0.3) is 5.91 Å². The minimum atomic E-state index is 0.0269. The zero-order chi connectivity index (χ0) is 21.1. The number of carbonyl (C=O) groups is 2. The van der Waals surface area contributed by atoms with Gasteiger partial charge in [-0.3, -0.25) is 9.59 Å². The number of rotatable bonds is 5. The molecule has 2 heterocycles. The minimum Gasteiger partial charge on any atom is -0.497 e. The van der Waals surface area contributed by atoms with Crippen molar-refractivity contribution in [3.8, 4) is 5.75 Å². The van der Waals surface area contributed by atoms with Crippen molar-refractivity contribution in [2.45, 2.75) is 12.8 Å². The first-order valence-electron chi connectivity index (χ1n) is 10.3.